The molecule has 15 heavy (non-hydrogen) atoms. The van der Waals surface area contributed by atoms with Crippen LogP contribution in [0.4, 0.5) is 0 Å². The molecule has 1 aromatic rings. The normalized spacial score (nSPS) is 17.0. The molecule has 1 aromatic heterocycles. The molecule has 0 aromatic carbocycles. The first kappa shape index (κ1) is 11.7. The van der Waals surface area contributed by atoms with Crippen molar-refractivity contribution in [3.8, 4) is 0 Å². The van der Waals surface area contributed by atoms with Gasteiger partial charge in [0, 0.05) is 18.4 Å². The summed E-state index contributed by atoms with van der Waals surface area (Å²) in [5, 5.41) is 7.28. The van der Waals surface area contributed by atoms with E-state index < -0.39 is 0 Å². The molecule has 0 radical (unpaired) electrons. The van der Waals surface area contributed by atoms with Crippen LogP contribution in [0.3, 0.4) is 0 Å². The van der Waals surface area contributed by atoms with E-state index in [-0.39, 0.29) is 24.0 Å². The van der Waals surface area contributed by atoms with Crippen LogP contribution in [0.1, 0.15) is 26.8 Å². The molecule has 1 heterocycles. The van der Waals surface area contributed by atoms with Gasteiger partial charge in [-0.2, -0.15) is 5.10 Å². The van der Waals surface area contributed by atoms with Crippen LogP contribution >= 0.6 is 0 Å². The molecule has 0 aliphatic rings. The van der Waals surface area contributed by atoms with E-state index in [2.05, 4.69) is 10.4 Å². The van der Waals surface area contributed by atoms with Crippen molar-refractivity contribution in [1.82, 2.24) is 15.1 Å². The lowest BCUT2D eigenvalue weighted by Gasteiger charge is -2.24. The lowest BCUT2D eigenvalue weighted by Crippen LogP contribution is -2.46. The van der Waals surface area contributed by atoms with Crippen LogP contribution in [0.5, 0.6) is 0 Å². The Kier molecular flexibility index (Phi) is 3.85. The summed E-state index contributed by atoms with van der Waals surface area (Å²) in [5.41, 5.74) is 5.18. The van der Waals surface area contributed by atoms with E-state index in [1.807, 2.05) is 30.8 Å². The van der Waals surface area contributed by atoms with E-state index in [1.54, 1.807) is 13.1 Å². The van der Waals surface area contributed by atoms with Crippen molar-refractivity contribution in [1.29, 1.82) is 0 Å². The van der Waals surface area contributed by atoms with E-state index in [9.17, 15) is 4.79 Å². The summed E-state index contributed by atoms with van der Waals surface area (Å²) in [7, 11) is 0. The van der Waals surface area contributed by atoms with Crippen molar-refractivity contribution in [2.75, 3.05) is 0 Å². The maximum Gasteiger partial charge on any atom is 0.234 e. The highest BCUT2D eigenvalue weighted by Crippen LogP contribution is 2.09. The first-order valence-corrected chi connectivity index (χ1v) is 5.07. The van der Waals surface area contributed by atoms with Crippen molar-refractivity contribution in [3.05, 3.63) is 18.5 Å². The zero-order chi connectivity index (χ0) is 11.4. The molecule has 0 bridgehead atoms. The molecule has 1 rings (SSSR count). The predicted molar refractivity (Wildman–Crippen MR) is 58.2 cm³/mol. The Morgan fingerprint density at radius 3 is 2.60 bits per heavy atom. The van der Waals surface area contributed by atoms with Gasteiger partial charge in [0.1, 0.15) is 0 Å². The SMILES string of the molecule is CC(NC(C)C(C)n1cccn1)C(N)=O. The fourth-order valence-corrected chi connectivity index (χ4v) is 1.37. The maximum absolute atomic E-state index is 10.9. The van der Waals surface area contributed by atoms with Gasteiger partial charge in [-0.15, -0.1) is 0 Å². The summed E-state index contributed by atoms with van der Waals surface area (Å²) in [5.74, 6) is -0.338. The Balaban J connectivity index is 2.54. The summed E-state index contributed by atoms with van der Waals surface area (Å²) in [6.45, 7) is 5.80. The molecule has 0 fully saturated rings. The van der Waals surface area contributed by atoms with Crippen LogP contribution in [-0.4, -0.2) is 27.8 Å². The lowest BCUT2D eigenvalue weighted by molar-refractivity contribution is -0.119. The number of primary amides is 1. The number of aromatic nitrogens is 2. The molecule has 0 saturated heterocycles. The first-order valence-electron chi connectivity index (χ1n) is 5.07. The Morgan fingerprint density at radius 2 is 2.13 bits per heavy atom. The van der Waals surface area contributed by atoms with Gasteiger partial charge in [0.25, 0.3) is 0 Å². The van der Waals surface area contributed by atoms with Crippen molar-refractivity contribution in [2.24, 2.45) is 5.73 Å². The first-order chi connectivity index (χ1) is 7.02. The predicted octanol–water partition coefficient (Wildman–Crippen LogP) is 0.296. The zero-order valence-electron chi connectivity index (χ0n) is 9.34. The minimum Gasteiger partial charge on any atom is -0.368 e. The molecule has 0 spiro atoms. The average Bonchev–Trinajstić information content (AvgIpc) is 2.68. The van der Waals surface area contributed by atoms with E-state index in [0.717, 1.165) is 0 Å². The third-order valence-corrected chi connectivity index (χ3v) is 2.61. The summed E-state index contributed by atoms with van der Waals surface area (Å²) >= 11 is 0. The minimum absolute atomic E-state index is 0.132. The summed E-state index contributed by atoms with van der Waals surface area (Å²) < 4.78 is 1.85. The molecule has 84 valence electrons. The Hall–Kier alpha value is -1.36. The average molecular weight is 210 g/mol. The number of hydrogen-bond donors (Lipinski definition) is 2. The molecule has 5 heteroatoms. The van der Waals surface area contributed by atoms with Crippen LogP contribution in [0.25, 0.3) is 0 Å². The van der Waals surface area contributed by atoms with Crippen LogP contribution in [0.15, 0.2) is 18.5 Å². The molecule has 0 aliphatic heterocycles. The van der Waals surface area contributed by atoms with Gasteiger partial charge >= 0.3 is 0 Å². The number of nitrogens with one attached hydrogen (secondary N) is 1. The Labute approximate surface area is 89.6 Å². The molecular weight excluding hydrogens is 192 g/mol. The van der Waals surface area contributed by atoms with Crippen LogP contribution in [-0.2, 0) is 4.79 Å². The summed E-state index contributed by atoms with van der Waals surface area (Å²) in [4.78, 5) is 10.9. The lowest BCUT2D eigenvalue weighted by atomic mass is 10.1. The standard InChI is InChI=1S/C10H18N4O/c1-7(13-8(2)10(11)15)9(3)14-6-4-5-12-14/h4-9,13H,1-3H3,(H2,11,15). The van der Waals surface area contributed by atoms with E-state index >= 15 is 0 Å². The molecular formula is C10H18N4O. The van der Waals surface area contributed by atoms with Crippen molar-refractivity contribution in [2.45, 2.75) is 38.9 Å². The number of hydrogen-bond acceptors (Lipinski definition) is 3. The fourth-order valence-electron chi connectivity index (χ4n) is 1.37. The van der Waals surface area contributed by atoms with Crippen molar-refractivity contribution in [3.63, 3.8) is 0 Å². The van der Waals surface area contributed by atoms with Crippen LogP contribution in [0, 0.1) is 0 Å². The second-order valence-electron chi connectivity index (χ2n) is 3.81. The fraction of sp³-hybridized carbons (Fsp3) is 0.600. The van der Waals surface area contributed by atoms with Gasteiger partial charge in [0.05, 0.1) is 12.1 Å². The highest BCUT2D eigenvalue weighted by Gasteiger charge is 2.18. The van der Waals surface area contributed by atoms with Gasteiger partial charge in [0.15, 0.2) is 0 Å². The molecule has 1 amide bonds. The highest BCUT2D eigenvalue weighted by atomic mass is 16.1. The van der Waals surface area contributed by atoms with Crippen molar-refractivity contribution < 1.29 is 4.79 Å². The molecule has 5 nitrogen and oxygen atoms in total. The molecule has 3 N–H and O–H groups in total. The number of carbonyl (C=O) groups excluding carboxylic acids is 1. The van der Waals surface area contributed by atoms with Crippen LogP contribution in [0.2, 0.25) is 0 Å². The topological polar surface area (TPSA) is 72.9 Å². The number of nitrogens with two attached hydrogens (primary N) is 1. The van der Waals surface area contributed by atoms with Gasteiger partial charge in [-0.25, -0.2) is 0 Å². The number of rotatable bonds is 5. The molecule has 0 aliphatic carbocycles. The largest absolute Gasteiger partial charge is 0.368 e. The van der Waals surface area contributed by atoms with E-state index in [0.29, 0.717) is 0 Å². The van der Waals surface area contributed by atoms with Crippen molar-refractivity contribution >= 4 is 5.91 Å². The monoisotopic (exact) mass is 210 g/mol. The summed E-state index contributed by atoms with van der Waals surface area (Å²) in [6, 6.07) is 1.87. The molecule has 3 atom stereocenters. The third-order valence-electron chi connectivity index (χ3n) is 2.61. The molecule has 0 saturated carbocycles. The minimum atomic E-state index is -0.338. The van der Waals surface area contributed by atoms with Crippen LogP contribution < -0.4 is 11.1 Å². The van der Waals surface area contributed by atoms with Gasteiger partial charge in [-0.1, -0.05) is 0 Å². The van der Waals surface area contributed by atoms with E-state index in [1.165, 1.54) is 0 Å². The Morgan fingerprint density at radius 1 is 1.47 bits per heavy atom. The smallest absolute Gasteiger partial charge is 0.234 e. The highest BCUT2D eigenvalue weighted by molar-refractivity contribution is 5.79. The number of nitrogens with zero attached hydrogens (tertiary/aromatic N) is 2. The molecule has 3 unspecified atom stereocenters. The summed E-state index contributed by atoms with van der Waals surface area (Å²) in [6.07, 6.45) is 3.64. The number of amides is 1. The van der Waals surface area contributed by atoms with E-state index in [4.69, 9.17) is 5.73 Å². The zero-order valence-corrected chi connectivity index (χ0v) is 9.34. The second kappa shape index (κ2) is 4.93. The third kappa shape index (κ3) is 3.06. The Bertz CT molecular complexity index is 309. The quantitative estimate of drug-likeness (QED) is 0.734. The van der Waals surface area contributed by atoms with Gasteiger partial charge in [0.2, 0.25) is 5.91 Å². The maximum atomic E-state index is 10.9. The number of carbonyl (C=O) groups is 1. The van der Waals surface area contributed by atoms with Gasteiger partial charge in [-0.05, 0) is 26.8 Å². The van der Waals surface area contributed by atoms with Gasteiger partial charge in [-0.3, -0.25) is 9.48 Å². The second-order valence-corrected chi connectivity index (χ2v) is 3.81. The van der Waals surface area contributed by atoms with Gasteiger partial charge < -0.3 is 11.1 Å².